The molecule has 2 aromatic rings. The minimum Gasteiger partial charge on any atom is -0.354 e. The van der Waals surface area contributed by atoms with Crippen LogP contribution in [0.15, 0.2) is 48.7 Å². The Hall–Kier alpha value is -2.93. The molecule has 1 aliphatic heterocycles. The Kier molecular flexibility index (Phi) is 7.58. The van der Waals surface area contributed by atoms with Crippen LogP contribution in [0.25, 0.3) is 0 Å². The van der Waals surface area contributed by atoms with Crippen LogP contribution in [0.1, 0.15) is 28.8 Å². The van der Waals surface area contributed by atoms with Gasteiger partial charge in [0.05, 0.1) is 0 Å². The van der Waals surface area contributed by atoms with Crippen molar-refractivity contribution < 1.29 is 9.59 Å². The van der Waals surface area contributed by atoms with Crippen LogP contribution in [0.4, 0.5) is 5.82 Å². The van der Waals surface area contributed by atoms with Crippen molar-refractivity contribution in [2.24, 2.45) is 0 Å². The highest BCUT2D eigenvalue weighted by molar-refractivity contribution is 5.94. The number of nitrogens with zero attached hydrogens (tertiary/aromatic N) is 3. The van der Waals surface area contributed by atoms with Crippen LogP contribution in [-0.4, -0.2) is 61.5 Å². The zero-order valence-corrected chi connectivity index (χ0v) is 16.9. The fourth-order valence-electron chi connectivity index (χ4n) is 3.18. The van der Waals surface area contributed by atoms with E-state index in [9.17, 15) is 9.59 Å². The Balaban J connectivity index is 1.32. The third kappa shape index (κ3) is 6.57. The van der Waals surface area contributed by atoms with E-state index in [1.165, 1.54) is 0 Å². The normalized spacial score (nSPS) is 14.4. The highest BCUT2D eigenvalue weighted by Gasteiger charge is 2.15. The molecule has 3 rings (SSSR count). The maximum atomic E-state index is 12.0. The molecule has 2 N–H and O–H groups in total. The van der Waals surface area contributed by atoms with Gasteiger partial charge in [0, 0.05) is 57.4 Å². The van der Waals surface area contributed by atoms with Gasteiger partial charge in [0.25, 0.3) is 5.91 Å². The van der Waals surface area contributed by atoms with Crippen molar-refractivity contribution in [1.29, 1.82) is 0 Å². The molecule has 1 aromatic heterocycles. The Bertz CT molecular complexity index is 787. The summed E-state index contributed by atoms with van der Waals surface area (Å²) in [7, 11) is 2.13. The second-order valence-electron chi connectivity index (χ2n) is 7.32. The number of piperazine rings is 1. The molecule has 2 heterocycles. The number of carbonyl (C=O) groups excluding carboxylic acids is 2. The van der Waals surface area contributed by atoms with E-state index in [-0.39, 0.29) is 11.8 Å². The molecule has 0 radical (unpaired) electrons. The van der Waals surface area contributed by atoms with Gasteiger partial charge >= 0.3 is 0 Å². The number of anilines is 1. The average Bonchev–Trinajstić information content (AvgIpc) is 2.76. The van der Waals surface area contributed by atoms with E-state index < -0.39 is 0 Å². The molecule has 0 aliphatic carbocycles. The smallest absolute Gasteiger partial charge is 0.251 e. The van der Waals surface area contributed by atoms with Gasteiger partial charge in [-0.05, 0) is 37.2 Å². The molecule has 1 fully saturated rings. The van der Waals surface area contributed by atoms with E-state index in [2.05, 4.69) is 32.5 Å². The van der Waals surface area contributed by atoms with E-state index in [0.29, 0.717) is 31.5 Å². The molecule has 1 aromatic carbocycles. The molecule has 7 nitrogen and oxygen atoms in total. The van der Waals surface area contributed by atoms with Gasteiger partial charge in [-0.15, -0.1) is 0 Å². The summed E-state index contributed by atoms with van der Waals surface area (Å²) in [5.74, 6) is 0.849. The van der Waals surface area contributed by atoms with E-state index in [0.717, 1.165) is 37.6 Å². The lowest BCUT2D eigenvalue weighted by Gasteiger charge is -2.33. The number of likely N-dealkylation sites (N-methyl/N-ethyl adjacent to an activating group) is 1. The summed E-state index contributed by atoms with van der Waals surface area (Å²) in [4.78, 5) is 33.1. The lowest BCUT2D eigenvalue weighted by atomic mass is 10.2. The van der Waals surface area contributed by atoms with Crippen molar-refractivity contribution in [2.45, 2.75) is 19.4 Å². The Morgan fingerprint density at radius 2 is 1.76 bits per heavy atom. The third-order valence-corrected chi connectivity index (χ3v) is 5.03. The van der Waals surface area contributed by atoms with Gasteiger partial charge in [-0.1, -0.05) is 24.3 Å². The minimum absolute atomic E-state index is 0.0258. The summed E-state index contributed by atoms with van der Waals surface area (Å²) in [6, 6.07) is 13.1. The van der Waals surface area contributed by atoms with Crippen LogP contribution in [0.3, 0.4) is 0 Å². The van der Waals surface area contributed by atoms with E-state index in [4.69, 9.17) is 0 Å². The van der Waals surface area contributed by atoms with Gasteiger partial charge in [0.15, 0.2) is 0 Å². The van der Waals surface area contributed by atoms with Gasteiger partial charge in [0.1, 0.15) is 5.82 Å². The summed E-state index contributed by atoms with van der Waals surface area (Å²) < 4.78 is 0. The predicted molar refractivity (Wildman–Crippen MR) is 114 cm³/mol. The molecule has 2 amide bonds. The molecule has 0 spiro atoms. The first kappa shape index (κ1) is 20.8. The first-order chi connectivity index (χ1) is 14.1. The largest absolute Gasteiger partial charge is 0.354 e. The summed E-state index contributed by atoms with van der Waals surface area (Å²) in [5.41, 5.74) is 1.61. The standard InChI is InChI=1S/C22H29N5O2/c1-26-12-14-27(15-13-26)20-10-9-18(16-24-20)17-25-21(28)8-5-11-23-22(29)19-6-3-2-4-7-19/h2-4,6-7,9-10,16H,5,8,11-15,17H2,1H3,(H,23,29)(H,25,28). The number of benzene rings is 1. The number of amides is 2. The van der Waals surface area contributed by atoms with Gasteiger partial charge in [-0.25, -0.2) is 4.98 Å². The van der Waals surface area contributed by atoms with Crippen molar-refractivity contribution in [1.82, 2.24) is 20.5 Å². The van der Waals surface area contributed by atoms with Crippen molar-refractivity contribution in [3.8, 4) is 0 Å². The molecule has 1 aliphatic rings. The van der Waals surface area contributed by atoms with Crippen molar-refractivity contribution in [2.75, 3.05) is 44.7 Å². The lowest BCUT2D eigenvalue weighted by Crippen LogP contribution is -2.44. The van der Waals surface area contributed by atoms with Gasteiger partial charge in [0.2, 0.25) is 5.91 Å². The lowest BCUT2D eigenvalue weighted by molar-refractivity contribution is -0.121. The van der Waals surface area contributed by atoms with Crippen LogP contribution in [0, 0.1) is 0 Å². The van der Waals surface area contributed by atoms with Crippen LogP contribution in [0.2, 0.25) is 0 Å². The summed E-state index contributed by atoms with van der Waals surface area (Å²) >= 11 is 0. The Labute approximate surface area is 172 Å². The molecule has 7 heteroatoms. The van der Waals surface area contributed by atoms with E-state index in [1.807, 2.05) is 36.5 Å². The molecule has 0 saturated carbocycles. The summed E-state index contributed by atoms with van der Waals surface area (Å²) in [6.07, 6.45) is 2.81. The minimum atomic E-state index is -0.113. The number of pyridine rings is 1. The quantitative estimate of drug-likeness (QED) is 0.665. The molecule has 0 unspecified atom stereocenters. The number of hydrogen-bond donors (Lipinski definition) is 2. The summed E-state index contributed by atoms with van der Waals surface area (Å²) in [5, 5.41) is 5.74. The fraction of sp³-hybridized carbons (Fsp3) is 0.409. The van der Waals surface area contributed by atoms with E-state index in [1.54, 1.807) is 12.1 Å². The maximum Gasteiger partial charge on any atom is 0.251 e. The van der Waals surface area contributed by atoms with Gasteiger partial charge in [-0.3, -0.25) is 9.59 Å². The molecule has 0 bridgehead atoms. The van der Waals surface area contributed by atoms with Crippen molar-refractivity contribution in [3.05, 3.63) is 59.8 Å². The first-order valence-electron chi connectivity index (χ1n) is 10.1. The number of carbonyl (C=O) groups is 2. The zero-order valence-electron chi connectivity index (χ0n) is 16.9. The predicted octanol–water partition coefficient (Wildman–Crippen LogP) is 1.66. The fourth-order valence-corrected chi connectivity index (χ4v) is 3.18. The molecule has 1 saturated heterocycles. The van der Waals surface area contributed by atoms with Gasteiger partial charge in [-0.2, -0.15) is 0 Å². The molecular formula is C22H29N5O2. The number of hydrogen-bond acceptors (Lipinski definition) is 5. The van der Waals surface area contributed by atoms with Crippen molar-refractivity contribution in [3.63, 3.8) is 0 Å². The number of aromatic nitrogens is 1. The third-order valence-electron chi connectivity index (χ3n) is 5.03. The van der Waals surface area contributed by atoms with Crippen LogP contribution < -0.4 is 15.5 Å². The second-order valence-corrected chi connectivity index (χ2v) is 7.32. The van der Waals surface area contributed by atoms with Crippen LogP contribution in [-0.2, 0) is 11.3 Å². The molecule has 154 valence electrons. The summed E-state index contributed by atoms with van der Waals surface area (Å²) in [6.45, 7) is 5.00. The highest BCUT2D eigenvalue weighted by Crippen LogP contribution is 2.13. The molecular weight excluding hydrogens is 366 g/mol. The second kappa shape index (κ2) is 10.6. The Morgan fingerprint density at radius 3 is 2.45 bits per heavy atom. The Morgan fingerprint density at radius 1 is 1.00 bits per heavy atom. The first-order valence-corrected chi connectivity index (χ1v) is 10.1. The zero-order chi connectivity index (χ0) is 20.5. The molecule has 29 heavy (non-hydrogen) atoms. The van der Waals surface area contributed by atoms with Crippen molar-refractivity contribution >= 4 is 17.6 Å². The van der Waals surface area contributed by atoms with Crippen LogP contribution >= 0.6 is 0 Å². The SMILES string of the molecule is CN1CCN(c2ccc(CNC(=O)CCCNC(=O)c3ccccc3)cn2)CC1. The highest BCUT2D eigenvalue weighted by atomic mass is 16.2. The maximum absolute atomic E-state index is 12.0. The number of rotatable bonds is 8. The van der Waals surface area contributed by atoms with Gasteiger partial charge < -0.3 is 20.4 Å². The van der Waals surface area contributed by atoms with E-state index >= 15 is 0 Å². The monoisotopic (exact) mass is 395 g/mol. The number of nitrogens with one attached hydrogen (secondary N) is 2. The average molecular weight is 396 g/mol. The topological polar surface area (TPSA) is 77.6 Å². The van der Waals surface area contributed by atoms with Crippen LogP contribution in [0.5, 0.6) is 0 Å². The molecule has 0 atom stereocenters.